The molecular weight excluding hydrogens is 470 g/mol. The number of ether oxygens (including phenoxy) is 5. The van der Waals surface area contributed by atoms with Gasteiger partial charge in [-0.15, -0.1) is 0 Å². The third kappa shape index (κ3) is 9.58. The zero-order chi connectivity index (χ0) is 25.8. The Kier molecular flexibility index (Phi) is 16.3. The van der Waals surface area contributed by atoms with Gasteiger partial charge in [-0.25, -0.2) is 24.0 Å². The van der Waals surface area contributed by atoms with Gasteiger partial charge in [0, 0.05) is 8.41 Å². The Hall–Kier alpha value is -3.59. The summed E-state index contributed by atoms with van der Waals surface area (Å²) < 4.78 is 22.7. The zero-order valence-corrected chi connectivity index (χ0v) is 20.8. The molecule has 2 rings (SSSR count). The maximum Gasteiger partial charge on any atom is 1.00 e. The molecule has 0 fully saturated rings. The summed E-state index contributed by atoms with van der Waals surface area (Å²) in [5, 5.41) is 8.99. The Morgan fingerprint density at radius 1 is 0.556 bits per heavy atom. The number of aliphatic hydroxyl groups is 1. The van der Waals surface area contributed by atoms with Crippen LogP contribution in [0.5, 0.6) is 0 Å². The van der Waals surface area contributed by atoms with Gasteiger partial charge in [0.1, 0.15) is 0 Å². The second-order valence-corrected chi connectivity index (χ2v) is 6.33. The molecule has 0 aliphatic carbocycles. The van der Waals surface area contributed by atoms with Crippen LogP contribution in [0.15, 0.2) is 36.4 Å². The van der Waals surface area contributed by atoms with E-state index < -0.39 is 29.8 Å². The number of carbonyl (C=O) groups excluding carboxylic acids is 5. The molecule has 0 aliphatic heterocycles. The molecule has 11 nitrogen and oxygen atoms in total. The summed E-state index contributed by atoms with van der Waals surface area (Å²) in [5.41, 5.74) is 1.06. The van der Waals surface area contributed by atoms with E-state index in [1.807, 2.05) is 0 Å². The quantitative estimate of drug-likeness (QED) is 0.284. The standard InChI is InChI=1S/C12H12O6.C11H12O5.B.Li.H/c1-16-10(13)7-4-8(11(14)17-2)6-9(5-7)12(15)18-3;1-15-10(13)8-3-7(6-12)4-9(5-8)11(14)16-2;;;/h4-6H,1-3H3;3-5,12H,6H2,1-2H3;;;/q;;;+1;-1. The molecule has 0 spiro atoms. The molecular formula is C23H25BLiO11. The molecule has 187 valence electrons. The van der Waals surface area contributed by atoms with E-state index in [2.05, 4.69) is 23.7 Å². The fourth-order valence-electron chi connectivity index (χ4n) is 2.59. The topological polar surface area (TPSA) is 152 Å². The maximum absolute atomic E-state index is 11.4. The van der Waals surface area contributed by atoms with Crippen molar-refractivity contribution in [2.45, 2.75) is 6.61 Å². The zero-order valence-electron chi connectivity index (χ0n) is 21.8. The molecule has 0 saturated carbocycles. The summed E-state index contributed by atoms with van der Waals surface area (Å²) in [5.74, 6) is -3.12. The van der Waals surface area contributed by atoms with E-state index in [1.165, 1.54) is 71.9 Å². The average Bonchev–Trinajstić information content (AvgIpc) is 2.90. The summed E-state index contributed by atoms with van der Waals surface area (Å²) in [6.07, 6.45) is 0. The molecule has 13 heteroatoms. The smallest absolute Gasteiger partial charge is 1.00 e. The molecule has 0 amide bonds. The van der Waals surface area contributed by atoms with Crippen molar-refractivity contribution in [2.75, 3.05) is 35.5 Å². The number of hydrogen-bond donors (Lipinski definition) is 1. The molecule has 0 bridgehead atoms. The predicted molar refractivity (Wildman–Crippen MR) is 122 cm³/mol. The number of methoxy groups -OCH3 is 5. The number of carbonyl (C=O) groups is 5. The largest absolute Gasteiger partial charge is 1.00 e. The van der Waals surface area contributed by atoms with Gasteiger partial charge >= 0.3 is 48.7 Å². The van der Waals surface area contributed by atoms with E-state index in [9.17, 15) is 24.0 Å². The molecule has 0 saturated heterocycles. The van der Waals surface area contributed by atoms with Crippen molar-refractivity contribution in [1.82, 2.24) is 0 Å². The van der Waals surface area contributed by atoms with E-state index >= 15 is 0 Å². The van der Waals surface area contributed by atoms with Crippen molar-refractivity contribution in [2.24, 2.45) is 0 Å². The van der Waals surface area contributed by atoms with E-state index in [0.717, 1.165) is 0 Å². The summed E-state index contributed by atoms with van der Waals surface area (Å²) in [7, 11) is 6.08. The Balaban J connectivity index is -0.000000581. The number of hydrogen-bond acceptors (Lipinski definition) is 11. The van der Waals surface area contributed by atoms with Crippen LogP contribution in [0.3, 0.4) is 0 Å². The van der Waals surface area contributed by atoms with Gasteiger partial charge in [0.2, 0.25) is 0 Å². The maximum atomic E-state index is 11.4. The van der Waals surface area contributed by atoms with Crippen LogP contribution in [-0.2, 0) is 30.3 Å². The molecule has 1 N–H and O–H groups in total. The summed E-state index contributed by atoms with van der Waals surface area (Å²) in [4.78, 5) is 56.8. The molecule has 36 heavy (non-hydrogen) atoms. The van der Waals surface area contributed by atoms with Gasteiger partial charge in [-0.3, -0.25) is 0 Å². The van der Waals surface area contributed by atoms with E-state index in [-0.39, 0.29) is 63.1 Å². The van der Waals surface area contributed by atoms with Gasteiger partial charge in [-0.05, 0) is 42.0 Å². The van der Waals surface area contributed by atoms with Crippen molar-refractivity contribution in [3.63, 3.8) is 0 Å². The van der Waals surface area contributed by atoms with Crippen LogP contribution < -0.4 is 18.9 Å². The molecule has 0 atom stereocenters. The second kappa shape index (κ2) is 16.9. The Morgan fingerprint density at radius 3 is 0.917 bits per heavy atom. The Bertz CT molecular complexity index is 974. The van der Waals surface area contributed by atoms with Crippen molar-refractivity contribution in [1.29, 1.82) is 0 Å². The average molecular weight is 495 g/mol. The normalized spacial score (nSPS) is 9.06. The fourth-order valence-corrected chi connectivity index (χ4v) is 2.59. The Labute approximate surface area is 223 Å². The van der Waals surface area contributed by atoms with E-state index in [4.69, 9.17) is 5.11 Å². The first-order valence-electron chi connectivity index (χ1n) is 9.47. The molecule has 0 aromatic heterocycles. The van der Waals surface area contributed by atoms with Gasteiger partial charge in [0.05, 0.1) is 70.0 Å². The number of aliphatic hydroxyl groups excluding tert-OH is 1. The number of esters is 5. The first kappa shape index (κ1) is 34.6. The van der Waals surface area contributed by atoms with Gasteiger partial charge in [-0.1, -0.05) is 0 Å². The minimum atomic E-state index is -0.661. The van der Waals surface area contributed by atoms with Gasteiger partial charge < -0.3 is 30.2 Å². The number of rotatable bonds is 6. The van der Waals surface area contributed by atoms with E-state index in [1.54, 1.807) is 0 Å². The predicted octanol–water partition coefficient (Wildman–Crippen LogP) is -1.47. The van der Waals surface area contributed by atoms with E-state index in [0.29, 0.717) is 5.56 Å². The van der Waals surface area contributed by atoms with Gasteiger partial charge in [0.15, 0.2) is 0 Å². The van der Waals surface area contributed by atoms with Crippen molar-refractivity contribution < 1.29 is 73.1 Å². The summed E-state index contributed by atoms with van der Waals surface area (Å²) in [6.45, 7) is -0.269. The van der Waals surface area contributed by atoms with Crippen LogP contribution in [0.4, 0.5) is 0 Å². The van der Waals surface area contributed by atoms with Crippen molar-refractivity contribution in [3.05, 3.63) is 69.8 Å². The Morgan fingerprint density at radius 2 is 0.750 bits per heavy atom. The third-order valence-corrected chi connectivity index (χ3v) is 4.21. The first-order valence-corrected chi connectivity index (χ1v) is 9.47. The second-order valence-electron chi connectivity index (χ2n) is 6.33. The summed E-state index contributed by atoms with van der Waals surface area (Å²) >= 11 is 0. The number of benzene rings is 2. The van der Waals surface area contributed by atoms with Crippen LogP contribution in [0.25, 0.3) is 0 Å². The van der Waals surface area contributed by atoms with Crippen molar-refractivity contribution in [3.8, 4) is 0 Å². The third-order valence-electron chi connectivity index (χ3n) is 4.21. The van der Waals surface area contributed by atoms with Gasteiger partial charge in [-0.2, -0.15) is 0 Å². The molecule has 3 radical (unpaired) electrons. The molecule has 2 aromatic rings. The molecule has 0 aliphatic rings. The minimum absolute atomic E-state index is 0. The SMILES string of the molecule is COC(=O)c1cc(C(=O)OC)cc(C(=O)OC)c1.COC(=O)c1cc(CO)cc(C(=O)OC)c1.[B].[H-].[Li+]. The first-order chi connectivity index (χ1) is 16.1. The summed E-state index contributed by atoms with van der Waals surface area (Å²) in [6, 6.07) is 8.12. The molecule has 0 heterocycles. The van der Waals surface area contributed by atoms with Crippen LogP contribution in [0, 0.1) is 0 Å². The van der Waals surface area contributed by atoms with Crippen LogP contribution in [0.1, 0.15) is 58.8 Å². The van der Waals surface area contributed by atoms with Crippen molar-refractivity contribution >= 4 is 38.3 Å². The molecule has 0 unspecified atom stereocenters. The van der Waals surface area contributed by atoms with Crippen LogP contribution in [-0.4, -0.2) is 78.9 Å². The monoisotopic (exact) mass is 495 g/mol. The fraction of sp³-hybridized carbons (Fsp3) is 0.261. The van der Waals surface area contributed by atoms with Crippen LogP contribution >= 0.6 is 0 Å². The van der Waals surface area contributed by atoms with Crippen LogP contribution in [0.2, 0.25) is 0 Å². The minimum Gasteiger partial charge on any atom is -1.00 e. The molecule has 2 aromatic carbocycles. The van der Waals surface area contributed by atoms with Gasteiger partial charge in [0.25, 0.3) is 0 Å².